The molecule has 0 saturated carbocycles. The predicted octanol–water partition coefficient (Wildman–Crippen LogP) is -0.0569. The number of fused-ring (bicyclic) bond motifs is 1. The summed E-state index contributed by atoms with van der Waals surface area (Å²) in [5.41, 5.74) is 1.16. The van der Waals surface area contributed by atoms with Crippen LogP contribution >= 0.6 is 0 Å². The maximum absolute atomic E-state index is 9.16. The van der Waals surface area contributed by atoms with Crippen molar-refractivity contribution in [2.75, 3.05) is 32.9 Å². The van der Waals surface area contributed by atoms with Crippen LogP contribution in [0.25, 0.3) is 0 Å². The summed E-state index contributed by atoms with van der Waals surface area (Å²) in [5.74, 6) is 1.60. The first-order valence-electron chi connectivity index (χ1n) is 6.18. The highest BCUT2D eigenvalue weighted by atomic mass is 16.6. The van der Waals surface area contributed by atoms with Crippen molar-refractivity contribution in [2.45, 2.75) is 12.5 Å². The minimum Gasteiger partial charge on any atom is -0.486 e. The number of rotatable bonds is 6. The fourth-order valence-electron chi connectivity index (χ4n) is 1.81. The highest BCUT2D eigenvalue weighted by molar-refractivity contribution is 5.43. The van der Waals surface area contributed by atoms with Gasteiger partial charge in [-0.2, -0.15) is 0 Å². The second-order valence-electron chi connectivity index (χ2n) is 4.27. The van der Waals surface area contributed by atoms with Gasteiger partial charge in [0.2, 0.25) is 0 Å². The normalized spacial score (nSPS) is 15.4. The molecule has 5 nitrogen and oxygen atoms in total. The molecule has 1 unspecified atom stereocenters. The van der Waals surface area contributed by atoms with Crippen molar-refractivity contribution in [1.82, 2.24) is 5.32 Å². The number of aliphatic hydroxyl groups excluding tert-OH is 2. The van der Waals surface area contributed by atoms with Gasteiger partial charge >= 0.3 is 0 Å². The Morgan fingerprint density at radius 1 is 1.22 bits per heavy atom. The number of benzene rings is 1. The van der Waals surface area contributed by atoms with Gasteiger partial charge in [-0.1, -0.05) is 6.07 Å². The fraction of sp³-hybridized carbons (Fsp3) is 0.538. The quantitative estimate of drug-likeness (QED) is 0.620. The van der Waals surface area contributed by atoms with Gasteiger partial charge in [-0.05, 0) is 30.7 Å². The van der Waals surface area contributed by atoms with Crippen LogP contribution in [-0.4, -0.2) is 49.2 Å². The predicted molar refractivity (Wildman–Crippen MR) is 67.1 cm³/mol. The number of nitrogens with one attached hydrogen (secondary N) is 1. The molecule has 2 rings (SSSR count). The van der Waals surface area contributed by atoms with E-state index in [1.165, 1.54) is 0 Å². The summed E-state index contributed by atoms with van der Waals surface area (Å²) in [6.45, 7) is 2.14. The SMILES string of the molecule is OCC(O)CNCCc1ccc2c(c1)OCCO2. The van der Waals surface area contributed by atoms with E-state index in [4.69, 9.17) is 19.7 Å². The van der Waals surface area contributed by atoms with E-state index in [0.29, 0.717) is 19.8 Å². The standard InChI is InChI=1S/C13H19NO4/c15-9-11(16)8-14-4-3-10-1-2-12-13(7-10)18-6-5-17-12/h1-2,7,11,14-16H,3-6,8-9H2. The molecule has 18 heavy (non-hydrogen) atoms. The van der Waals surface area contributed by atoms with Gasteiger partial charge in [-0.25, -0.2) is 0 Å². The summed E-state index contributed by atoms with van der Waals surface area (Å²) < 4.78 is 11.0. The smallest absolute Gasteiger partial charge is 0.161 e. The van der Waals surface area contributed by atoms with Crippen molar-refractivity contribution in [1.29, 1.82) is 0 Å². The van der Waals surface area contributed by atoms with Crippen molar-refractivity contribution < 1.29 is 19.7 Å². The molecule has 3 N–H and O–H groups in total. The van der Waals surface area contributed by atoms with Gasteiger partial charge in [0, 0.05) is 6.54 Å². The van der Waals surface area contributed by atoms with Crippen LogP contribution in [0.5, 0.6) is 11.5 Å². The molecule has 1 aliphatic rings. The molecule has 0 radical (unpaired) electrons. The maximum Gasteiger partial charge on any atom is 0.161 e. The molecule has 1 atom stereocenters. The number of hydrogen-bond donors (Lipinski definition) is 3. The Labute approximate surface area is 106 Å². The summed E-state index contributed by atoms with van der Waals surface area (Å²) in [7, 11) is 0. The number of ether oxygens (including phenoxy) is 2. The monoisotopic (exact) mass is 253 g/mol. The van der Waals surface area contributed by atoms with Gasteiger partial charge < -0.3 is 25.0 Å². The van der Waals surface area contributed by atoms with E-state index in [1.54, 1.807) is 0 Å². The van der Waals surface area contributed by atoms with Crippen molar-refractivity contribution in [3.63, 3.8) is 0 Å². The van der Waals surface area contributed by atoms with Crippen molar-refractivity contribution >= 4 is 0 Å². The Kier molecular flexibility index (Phi) is 4.81. The molecule has 100 valence electrons. The topological polar surface area (TPSA) is 71.0 Å². The van der Waals surface area contributed by atoms with Gasteiger partial charge in [-0.15, -0.1) is 0 Å². The molecule has 1 aliphatic heterocycles. The lowest BCUT2D eigenvalue weighted by Gasteiger charge is -2.19. The van der Waals surface area contributed by atoms with Crippen LogP contribution in [0.4, 0.5) is 0 Å². The minimum absolute atomic E-state index is 0.211. The maximum atomic E-state index is 9.16. The molecular weight excluding hydrogens is 234 g/mol. The molecule has 0 aromatic heterocycles. The van der Waals surface area contributed by atoms with E-state index in [9.17, 15) is 0 Å². The second kappa shape index (κ2) is 6.58. The van der Waals surface area contributed by atoms with Crippen molar-refractivity contribution in [3.8, 4) is 11.5 Å². The molecular formula is C13H19NO4. The Morgan fingerprint density at radius 2 is 2.00 bits per heavy atom. The molecule has 1 aromatic rings. The molecule has 5 heteroatoms. The Hall–Kier alpha value is -1.30. The van der Waals surface area contributed by atoms with E-state index in [1.807, 2.05) is 18.2 Å². The van der Waals surface area contributed by atoms with Gasteiger partial charge in [0.05, 0.1) is 12.7 Å². The van der Waals surface area contributed by atoms with E-state index in [-0.39, 0.29) is 6.61 Å². The van der Waals surface area contributed by atoms with Crippen molar-refractivity contribution in [2.24, 2.45) is 0 Å². The number of aliphatic hydroxyl groups is 2. The first kappa shape index (κ1) is 13.1. The van der Waals surface area contributed by atoms with E-state index in [0.717, 1.165) is 30.0 Å². The molecule has 0 aliphatic carbocycles. The van der Waals surface area contributed by atoms with Crippen LogP contribution in [0.3, 0.4) is 0 Å². The lowest BCUT2D eigenvalue weighted by molar-refractivity contribution is 0.0947. The number of hydrogen-bond acceptors (Lipinski definition) is 5. The first-order chi connectivity index (χ1) is 8.79. The summed E-state index contributed by atoms with van der Waals surface area (Å²) in [5, 5.41) is 20.9. The third-order valence-electron chi connectivity index (χ3n) is 2.79. The lowest BCUT2D eigenvalue weighted by Crippen LogP contribution is -2.30. The molecule has 0 fully saturated rings. The van der Waals surface area contributed by atoms with Gasteiger partial charge in [0.15, 0.2) is 11.5 Å². The van der Waals surface area contributed by atoms with Crippen LogP contribution in [0.15, 0.2) is 18.2 Å². The molecule has 0 amide bonds. The Bertz CT molecular complexity index is 383. The Morgan fingerprint density at radius 3 is 2.78 bits per heavy atom. The largest absolute Gasteiger partial charge is 0.486 e. The average Bonchev–Trinajstić information content (AvgIpc) is 2.43. The van der Waals surface area contributed by atoms with Crippen LogP contribution in [0.2, 0.25) is 0 Å². The molecule has 1 heterocycles. The summed E-state index contributed by atoms with van der Waals surface area (Å²) >= 11 is 0. The van der Waals surface area contributed by atoms with Crippen LogP contribution in [0.1, 0.15) is 5.56 Å². The summed E-state index contributed by atoms with van der Waals surface area (Å²) in [6.07, 6.45) is 0.152. The molecule has 0 bridgehead atoms. The second-order valence-corrected chi connectivity index (χ2v) is 4.27. The van der Waals surface area contributed by atoms with Crippen LogP contribution in [0, 0.1) is 0 Å². The summed E-state index contributed by atoms with van der Waals surface area (Å²) in [6, 6.07) is 5.92. The third kappa shape index (κ3) is 3.60. The highest BCUT2D eigenvalue weighted by Gasteiger charge is 2.11. The van der Waals surface area contributed by atoms with Crippen LogP contribution in [-0.2, 0) is 6.42 Å². The van der Waals surface area contributed by atoms with Crippen molar-refractivity contribution in [3.05, 3.63) is 23.8 Å². The minimum atomic E-state index is -0.690. The Balaban J connectivity index is 1.79. The van der Waals surface area contributed by atoms with Crippen LogP contribution < -0.4 is 14.8 Å². The molecule has 0 spiro atoms. The first-order valence-corrected chi connectivity index (χ1v) is 6.18. The van der Waals surface area contributed by atoms with E-state index >= 15 is 0 Å². The summed E-state index contributed by atoms with van der Waals surface area (Å²) in [4.78, 5) is 0. The molecule has 0 saturated heterocycles. The highest BCUT2D eigenvalue weighted by Crippen LogP contribution is 2.30. The van der Waals surface area contributed by atoms with Gasteiger partial charge in [0.1, 0.15) is 13.2 Å². The molecule has 1 aromatic carbocycles. The van der Waals surface area contributed by atoms with Gasteiger partial charge in [0.25, 0.3) is 0 Å². The third-order valence-corrected chi connectivity index (χ3v) is 2.79. The van der Waals surface area contributed by atoms with Gasteiger partial charge in [-0.3, -0.25) is 0 Å². The fourth-order valence-corrected chi connectivity index (χ4v) is 1.81. The van der Waals surface area contributed by atoms with E-state index < -0.39 is 6.10 Å². The van der Waals surface area contributed by atoms with E-state index in [2.05, 4.69) is 5.32 Å². The zero-order chi connectivity index (χ0) is 12.8. The lowest BCUT2D eigenvalue weighted by atomic mass is 10.1. The zero-order valence-corrected chi connectivity index (χ0v) is 10.3. The zero-order valence-electron chi connectivity index (χ0n) is 10.3. The average molecular weight is 253 g/mol.